The highest BCUT2D eigenvalue weighted by atomic mass is 16.3. The van der Waals surface area contributed by atoms with E-state index in [1.807, 2.05) is 67.7 Å². The zero-order valence-corrected chi connectivity index (χ0v) is 16.9. The third-order valence-corrected chi connectivity index (χ3v) is 4.97. The fourth-order valence-corrected chi connectivity index (χ4v) is 3.27. The molecule has 0 aliphatic carbocycles. The summed E-state index contributed by atoms with van der Waals surface area (Å²) in [5.41, 5.74) is 4.65. The minimum atomic E-state index is 0.0255. The minimum Gasteiger partial charge on any atom is -0.444 e. The maximum Gasteiger partial charge on any atom is 0.228 e. The van der Waals surface area contributed by atoms with Crippen LogP contribution in [0, 0.1) is 0 Å². The molecule has 0 saturated heterocycles. The SMILES string of the molecule is CN(CCCc1cc(-c2ccccc2)n[nH]1)C(=O)Cc1coc(-c2ccccc2)n1. The molecule has 0 aliphatic rings. The van der Waals surface area contributed by atoms with Gasteiger partial charge in [-0.05, 0) is 31.0 Å². The maximum atomic E-state index is 12.5. The number of amides is 1. The van der Waals surface area contributed by atoms with Crippen LogP contribution in [0.2, 0.25) is 0 Å². The molecule has 4 aromatic rings. The van der Waals surface area contributed by atoms with E-state index in [0.29, 0.717) is 18.1 Å². The molecule has 0 aliphatic heterocycles. The summed E-state index contributed by atoms with van der Waals surface area (Å²) < 4.78 is 5.52. The zero-order valence-electron chi connectivity index (χ0n) is 16.9. The van der Waals surface area contributed by atoms with Gasteiger partial charge < -0.3 is 9.32 Å². The second-order valence-corrected chi connectivity index (χ2v) is 7.25. The third-order valence-electron chi connectivity index (χ3n) is 4.97. The molecular weight excluding hydrogens is 376 g/mol. The van der Waals surface area contributed by atoms with Crippen molar-refractivity contribution >= 4 is 5.91 Å². The van der Waals surface area contributed by atoms with Gasteiger partial charge in [-0.2, -0.15) is 5.10 Å². The van der Waals surface area contributed by atoms with Crippen molar-refractivity contribution in [3.05, 3.63) is 84.4 Å². The molecule has 0 bridgehead atoms. The highest BCUT2D eigenvalue weighted by Gasteiger charge is 2.14. The quantitative estimate of drug-likeness (QED) is 0.477. The molecule has 1 N–H and O–H groups in total. The Morgan fingerprint density at radius 3 is 2.47 bits per heavy atom. The molecule has 0 saturated carbocycles. The van der Waals surface area contributed by atoms with E-state index in [1.54, 1.807) is 11.2 Å². The molecule has 2 heterocycles. The number of oxazole rings is 1. The normalized spacial score (nSPS) is 10.8. The Hall–Kier alpha value is -3.67. The standard InChI is InChI=1S/C24H24N4O2/c1-28(14-8-13-20-15-22(27-26-20)18-9-4-2-5-10-18)23(29)16-21-17-30-24(25-21)19-11-6-3-7-12-19/h2-7,9-12,15,17H,8,13-14,16H2,1H3,(H,26,27). The van der Waals surface area contributed by atoms with Gasteiger partial charge in [-0.3, -0.25) is 9.89 Å². The molecule has 0 spiro atoms. The number of H-pyrrole nitrogens is 1. The first kappa shape index (κ1) is 19.6. The highest BCUT2D eigenvalue weighted by Crippen LogP contribution is 2.19. The average molecular weight is 400 g/mol. The Morgan fingerprint density at radius 2 is 1.73 bits per heavy atom. The molecule has 4 rings (SSSR count). The summed E-state index contributed by atoms with van der Waals surface area (Å²) in [6.07, 6.45) is 3.48. The third kappa shape index (κ3) is 4.84. The summed E-state index contributed by atoms with van der Waals surface area (Å²) in [6.45, 7) is 0.669. The fourth-order valence-electron chi connectivity index (χ4n) is 3.27. The first-order chi connectivity index (χ1) is 14.7. The number of carbonyl (C=O) groups excluding carboxylic acids is 1. The van der Waals surface area contributed by atoms with Crippen molar-refractivity contribution in [2.24, 2.45) is 0 Å². The number of rotatable bonds is 8. The van der Waals surface area contributed by atoms with Gasteiger partial charge in [-0.15, -0.1) is 0 Å². The lowest BCUT2D eigenvalue weighted by molar-refractivity contribution is -0.129. The van der Waals surface area contributed by atoms with Crippen molar-refractivity contribution in [2.45, 2.75) is 19.3 Å². The second-order valence-electron chi connectivity index (χ2n) is 7.25. The van der Waals surface area contributed by atoms with Gasteiger partial charge in [0.2, 0.25) is 11.8 Å². The van der Waals surface area contributed by atoms with E-state index in [1.165, 1.54) is 0 Å². The van der Waals surface area contributed by atoms with Crippen LogP contribution in [0.3, 0.4) is 0 Å². The Labute approximate surface area is 175 Å². The van der Waals surface area contributed by atoms with Gasteiger partial charge in [-0.25, -0.2) is 4.98 Å². The zero-order chi connectivity index (χ0) is 20.8. The molecule has 6 nitrogen and oxygen atoms in total. The number of aryl methyl sites for hydroxylation is 1. The number of hydrogen-bond acceptors (Lipinski definition) is 4. The van der Waals surface area contributed by atoms with E-state index >= 15 is 0 Å². The number of carbonyl (C=O) groups is 1. The van der Waals surface area contributed by atoms with Gasteiger partial charge in [0.15, 0.2) is 0 Å². The first-order valence-corrected chi connectivity index (χ1v) is 10.0. The predicted molar refractivity (Wildman–Crippen MR) is 116 cm³/mol. The van der Waals surface area contributed by atoms with Crippen molar-refractivity contribution in [3.8, 4) is 22.7 Å². The summed E-state index contributed by atoms with van der Waals surface area (Å²) in [5.74, 6) is 0.562. The molecule has 1 amide bonds. The van der Waals surface area contributed by atoms with Crippen molar-refractivity contribution < 1.29 is 9.21 Å². The second kappa shape index (κ2) is 9.22. The fraction of sp³-hybridized carbons (Fsp3) is 0.208. The largest absolute Gasteiger partial charge is 0.444 e. The lowest BCUT2D eigenvalue weighted by atomic mass is 10.1. The topological polar surface area (TPSA) is 75.0 Å². The van der Waals surface area contributed by atoms with Gasteiger partial charge in [0.05, 0.1) is 17.8 Å². The molecule has 0 fully saturated rings. The number of likely N-dealkylation sites (N-methyl/N-ethyl adjacent to an activating group) is 1. The van der Waals surface area contributed by atoms with Crippen LogP contribution in [0.5, 0.6) is 0 Å². The van der Waals surface area contributed by atoms with Gasteiger partial charge in [-0.1, -0.05) is 48.5 Å². The van der Waals surface area contributed by atoms with Crippen LogP contribution in [-0.2, 0) is 17.6 Å². The van der Waals surface area contributed by atoms with Crippen LogP contribution in [-0.4, -0.2) is 39.6 Å². The lowest BCUT2D eigenvalue weighted by Crippen LogP contribution is -2.29. The number of nitrogens with one attached hydrogen (secondary N) is 1. The van der Waals surface area contributed by atoms with Crippen molar-refractivity contribution in [2.75, 3.05) is 13.6 Å². The van der Waals surface area contributed by atoms with Crippen LogP contribution >= 0.6 is 0 Å². The van der Waals surface area contributed by atoms with Crippen LogP contribution in [0.25, 0.3) is 22.7 Å². The van der Waals surface area contributed by atoms with Crippen LogP contribution in [0.1, 0.15) is 17.8 Å². The minimum absolute atomic E-state index is 0.0255. The van der Waals surface area contributed by atoms with Crippen molar-refractivity contribution in [1.82, 2.24) is 20.1 Å². The molecule has 2 aromatic heterocycles. The Bertz CT molecular complexity index is 1090. The predicted octanol–water partition coefficient (Wildman–Crippen LogP) is 4.37. The summed E-state index contributed by atoms with van der Waals surface area (Å²) in [5, 5.41) is 7.47. The summed E-state index contributed by atoms with van der Waals surface area (Å²) >= 11 is 0. The van der Waals surface area contributed by atoms with E-state index in [2.05, 4.69) is 21.2 Å². The van der Waals surface area contributed by atoms with Crippen LogP contribution in [0.15, 0.2) is 77.4 Å². The molecule has 0 atom stereocenters. The number of aromatic amines is 1. The average Bonchev–Trinajstić information content (AvgIpc) is 3.45. The molecule has 6 heteroatoms. The van der Waals surface area contributed by atoms with E-state index in [4.69, 9.17) is 4.42 Å². The summed E-state index contributed by atoms with van der Waals surface area (Å²) in [6, 6.07) is 21.8. The lowest BCUT2D eigenvalue weighted by Gasteiger charge is -2.16. The first-order valence-electron chi connectivity index (χ1n) is 10.0. The van der Waals surface area contributed by atoms with Crippen molar-refractivity contribution in [3.63, 3.8) is 0 Å². The Kier molecular flexibility index (Phi) is 6.03. The number of aromatic nitrogens is 3. The molecule has 0 radical (unpaired) electrons. The summed E-state index contributed by atoms with van der Waals surface area (Å²) in [4.78, 5) is 18.7. The molecule has 152 valence electrons. The van der Waals surface area contributed by atoms with Crippen LogP contribution in [0.4, 0.5) is 0 Å². The number of hydrogen-bond donors (Lipinski definition) is 1. The maximum absolute atomic E-state index is 12.5. The van der Waals surface area contributed by atoms with E-state index in [9.17, 15) is 4.79 Å². The van der Waals surface area contributed by atoms with Gasteiger partial charge in [0.25, 0.3) is 0 Å². The Balaban J connectivity index is 1.25. The molecular formula is C24H24N4O2. The van der Waals surface area contributed by atoms with E-state index in [-0.39, 0.29) is 12.3 Å². The number of nitrogens with zero attached hydrogens (tertiary/aromatic N) is 3. The van der Waals surface area contributed by atoms with Gasteiger partial charge >= 0.3 is 0 Å². The number of benzene rings is 2. The highest BCUT2D eigenvalue weighted by molar-refractivity contribution is 5.78. The Morgan fingerprint density at radius 1 is 1.03 bits per heavy atom. The van der Waals surface area contributed by atoms with Crippen LogP contribution < -0.4 is 0 Å². The van der Waals surface area contributed by atoms with E-state index in [0.717, 1.165) is 35.4 Å². The monoisotopic (exact) mass is 400 g/mol. The molecule has 2 aromatic carbocycles. The van der Waals surface area contributed by atoms with Crippen molar-refractivity contribution in [1.29, 1.82) is 0 Å². The summed E-state index contributed by atoms with van der Waals surface area (Å²) in [7, 11) is 1.82. The smallest absolute Gasteiger partial charge is 0.228 e. The van der Waals surface area contributed by atoms with Gasteiger partial charge in [0.1, 0.15) is 6.26 Å². The van der Waals surface area contributed by atoms with Gasteiger partial charge in [0, 0.05) is 30.4 Å². The van der Waals surface area contributed by atoms with E-state index < -0.39 is 0 Å². The molecule has 0 unspecified atom stereocenters. The molecule has 30 heavy (non-hydrogen) atoms.